The quantitative estimate of drug-likeness (QED) is 0.852. The van der Waals surface area contributed by atoms with Crippen molar-refractivity contribution in [1.29, 1.82) is 0 Å². The van der Waals surface area contributed by atoms with Gasteiger partial charge in [-0.1, -0.05) is 12.1 Å². The molecule has 0 bridgehead atoms. The number of hydrogen-bond acceptors (Lipinski definition) is 5. The number of anilines is 1. The highest BCUT2D eigenvalue weighted by Gasteiger charge is 2.28. The molecule has 0 atom stereocenters. The minimum absolute atomic E-state index is 0.235. The van der Waals surface area contributed by atoms with E-state index in [0.29, 0.717) is 16.5 Å². The van der Waals surface area contributed by atoms with Gasteiger partial charge in [-0.05, 0) is 12.1 Å². The zero-order chi connectivity index (χ0) is 11.9. The van der Waals surface area contributed by atoms with Crippen LogP contribution in [0.25, 0.3) is 0 Å². The molecule has 1 aliphatic rings. The molecule has 0 unspecified atom stereocenters. The molecule has 5 nitrogen and oxygen atoms in total. The Balaban J connectivity index is 2.08. The second-order valence-electron chi connectivity index (χ2n) is 3.37. The summed E-state index contributed by atoms with van der Waals surface area (Å²) in [6, 6.07) is 6.72. The van der Waals surface area contributed by atoms with Crippen LogP contribution >= 0.6 is 11.3 Å². The lowest BCUT2D eigenvalue weighted by atomic mass is 10.2. The topological polar surface area (TPSA) is 71.4 Å². The smallest absolute Gasteiger partial charge is 0.285 e. The Morgan fingerprint density at radius 2 is 2.06 bits per heavy atom. The van der Waals surface area contributed by atoms with Gasteiger partial charge in [0.2, 0.25) is 0 Å². The van der Waals surface area contributed by atoms with E-state index in [9.17, 15) is 8.42 Å². The molecule has 2 aromatic rings. The van der Waals surface area contributed by atoms with Gasteiger partial charge in [0.15, 0.2) is 11.0 Å². The Kier molecular flexibility index (Phi) is 2.23. The van der Waals surface area contributed by atoms with Crippen molar-refractivity contribution in [3.8, 4) is 0 Å². The van der Waals surface area contributed by atoms with Crippen molar-refractivity contribution in [1.82, 2.24) is 4.98 Å². The lowest BCUT2D eigenvalue weighted by Crippen LogP contribution is -2.10. The van der Waals surface area contributed by atoms with Crippen LogP contribution < -0.4 is 5.32 Å². The van der Waals surface area contributed by atoms with Crippen LogP contribution in [0.15, 0.2) is 45.1 Å². The van der Waals surface area contributed by atoms with Gasteiger partial charge in [-0.2, -0.15) is 8.42 Å². The summed E-state index contributed by atoms with van der Waals surface area (Å²) >= 11 is 1.39. The molecule has 86 valence electrons. The average molecular weight is 265 g/mol. The van der Waals surface area contributed by atoms with E-state index in [1.54, 1.807) is 35.8 Å². The molecule has 1 aromatic carbocycles. The second kappa shape index (κ2) is 3.64. The number of fused-ring (bicyclic) bond motifs is 1. The summed E-state index contributed by atoms with van der Waals surface area (Å²) in [5.74, 6) is 0.329. The maximum Gasteiger partial charge on any atom is 0.285 e. The third kappa shape index (κ3) is 1.73. The molecule has 0 saturated heterocycles. The first-order chi connectivity index (χ1) is 8.17. The van der Waals surface area contributed by atoms with Gasteiger partial charge in [0.25, 0.3) is 10.0 Å². The second-order valence-corrected chi connectivity index (χ2v) is 5.84. The Labute approximate surface area is 102 Å². The summed E-state index contributed by atoms with van der Waals surface area (Å²) < 4.78 is 27.2. The molecule has 2 heterocycles. The van der Waals surface area contributed by atoms with E-state index < -0.39 is 10.0 Å². The van der Waals surface area contributed by atoms with Crippen LogP contribution in [-0.2, 0) is 10.0 Å². The van der Waals surface area contributed by atoms with Gasteiger partial charge in [0.05, 0.1) is 0 Å². The van der Waals surface area contributed by atoms with Crippen molar-refractivity contribution in [2.24, 2.45) is 4.40 Å². The average Bonchev–Trinajstić information content (AvgIpc) is 2.88. The standard InChI is InChI=1S/C10H7N3O2S2/c14-17(15)8-4-2-1-3-7(8)9(13-17)12-10-11-5-6-16-10/h1-6H,(H,11,12,13). The van der Waals surface area contributed by atoms with E-state index in [2.05, 4.69) is 14.7 Å². The van der Waals surface area contributed by atoms with Gasteiger partial charge in [-0.25, -0.2) is 4.98 Å². The summed E-state index contributed by atoms with van der Waals surface area (Å²) in [7, 11) is -3.56. The zero-order valence-electron chi connectivity index (χ0n) is 8.49. The van der Waals surface area contributed by atoms with Crippen LogP contribution in [0.2, 0.25) is 0 Å². The van der Waals surface area contributed by atoms with Crippen LogP contribution in [-0.4, -0.2) is 19.2 Å². The van der Waals surface area contributed by atoms with E-state index in [1.807, 2.05) is 0 Å². The molecular weight excluding hydrogens is 258 g/mol. The maximum atomic E-state index is 11.7. The number of aromatic nitrogens is 1. The highest BCUT2D eigenvalue weighted by molar-refractivity contribution is 7.90. The maximum absolute atomic E-state index is 11.7. The minimum atomic E-state index is -3.56. The highest BCUT2D eigenvalue weighted by Crippen LogP contribution is 2.26. The van der Waals surface area contributed by atoms with Gasteiger partial charge in [-0.15, -0.1) is 15.7 Å². The van der Waals surface area contributed by atoms with Crippen LogP contribution in [0.3, 0.4) is 0 Å². The summed E-state index contributed by atoms with van der Waals surface area (Å²) in [6.07, 6.45) is 1.64. The molecule has 0 aliphatic carbocycles. The van der Waals surface area contributed by atoms with Gasteiger partial charge < -0.3 is 5.32 Å². The lowest BCUT2D eigenvalue weighted by Gasteiger charge is -2.01. The fourth-order valence-corrected chi connectivity index (χ4v) is 3.29. The number of nitrogens with one attached hydrogen (secondary N) is 1. The molecular formula is C10H7N3O2S2. The number of hydrogen-bond donors (Lipinski definition) is 1. The monoisotopic (exact) mass is 265 g/mol. The van der Waals surface area contributed by atoms with E-state index in [0.717, 1.165) is 0 Å². The molecule has 7 heteroatoms. The summed E-state index contributed by atoms with van der Waals surface area (Å²) in [5, 5.41) is 5.34. The van der Waals surface area contributed by atoms with Crippen molar-refractivity contribution >= 4 is 32.3 Å². The summed E-state index contributed by atoms with van der Waals surface area (Å²) in [5.41, 5.74) is 0.586. The van der Waals surface area contributed by atoms with E-state index in [-0.39, 0.29) is 4.90 Å². The number of nitrogens with zero attached hydrogens (tertiary/aromatic N) is 2. The van der Waals surface area contributed by atoms with E-state index >= 15 is 0 Å². The lowest BCUT2D eigenvalue weighted by molar-refractivity contribution is 0.599. The normalized spacial score (nSPS) is 16.4. The predicted molar refractivity (Wildman–Crippen MR) is 65.9 cm³/mol. The molecule has 1 aromatic heterocycles. The zero-order valence-corrected chi connectivity index (χ0v) is 10.1. The first kappa shape index (κ1) is 10.4. The molecule has 17 heavy (non-hydrogen) atoms. The van der Waals surface area contributed by atoms with Gasteiger partial charge in [0.1, 0.15) is 4.90 Å². The first-order valence-electron chi connectivity index (χ1n) is 4.78. The number of benzene rings is 1. The van der Waals surface area contributed by atoms with E-state index in [4.69, 9.17) is 0 Å². The van der Waals surface area contributed by atoms with Crippen molar-refractivity contribution in [3.05, 3.63) is 41.4 Å². The molecule has 1 aliphatic heterocycles. The molecule has 0 amide bonds. The van der Waals surface area contributed by atoms with Crippen LogP contribution in [0.1, 0.15) is 5.56 Å². The third-order valence-electron chi connectivity index (χ3n) is 2.29. The molecule has 1 N–H and O–H groups in total. The van der Waals surface area contributed by atoms with Crippen molar-refractivity contribution in [2.75, 3.05) is 5.32 Å². The van der Waals surface area contributed by atoms with Crippen LogP contribution in [0, 0.1) is 0 Å². The fourth-order valence-electron chi connectivity index (χ4n) is 1.58. The molecule has 0 saturated carbocycles. The number of sulfonamides is 1. The Bertz CT molecular complexity index is 690. The van der Waals surface area contributed by atoms with Gasteiger partial charge in [0, 0.05) is 17.1 Å². The fraction of sp³-hybridized carbons (Fsp3) is 0. The van der Waals surface area contributed by atoms with E-state index in [1.165, 1.54) is 11.3 Å². The van der Waals surface area contributed by atoms with Crippen LogP contribution in [0.4, 0.5) is 5.13 Å². The number of amidine groups is 1. The SMILES string of the molecule is O=S1(=O)N=C(Nc2nccs2)c2ccccc21. The molecule has 0 spiro atoms. The van der Waals surface area contributed by atoms with Crippen molar-refractivity contribution < 1.29 is 8.42 Å². The number of thiazole rings is 1. The summed E-state index contributed by atoms with van der Waals surface area (Å²) in [4.78, 5) is 4.27. The summed E-state index contributed by atoms with van der Waals surface area (Å²) in [6.45, 7) is 0. The van der Waals surface area contributed by atoms with Gasteiger partial charge in [-0.3, -0.25) is 0 Å². The Morgan fingerprint density at radius 3 is 2.82 bits per heavy atom. The highest BCUT2D eigenvalue weighted by atomic mass is 32.2. The predicted octanol–water partition coefficient (Wildman–Crippen LogP) is 1.70. The van der Waals surface area contributed by atoms with Gasteiger partial charge >= 0.3 is 0 Å². The molecule has 3 rings (SSSR count). The molecule has 0 radical (unpaired) electrons. The Morgan fingerprint density at radius 1 is 1.24 bits per heavy atom. The third-order valence-corrected chi connectivity index (χ3v) is 4.31. The molecule has 0 fully saturated rings. The largest absolute Gasteiger partial charge is 0.315 e. The Hall–Kier alpha value is -1.73. The number of rotatable bonds is 1. The van der Waals surface area contributed by atoms with Crippen molar-refractivity contribution in [3.63, 3.8) is 0 Å². The minimum Gasteiger partial charge on any atom is -0.315 e. The van der Waals surface area contributed by atoms with Crippen molar-refractivity contribution in [2.45, 2.75) is 4.90 Å². The first-order valence-corrected chi connectivity index (χ1v) is 7.10. The van der Waals surface area contributed by atoms with Crippen LogP contribution in [0.5, 0.6) is 0 Å².